The van der Waals surface area contributed by atoms with Crippen LogP contribution in [0.4, 0.5) is 0 Å². The van der Waals surface area contributed by atoms with E-state index in [9.17, 15) is 4.79 Å². The standard InChI is InChI=1S/C15H22N6O2/c1-2-13(20-7-5-11(6-8-20)14(16)22)15-17-18-19-21(15)10-12-4-3-9-23-12/h3-4,9,11,13H,2,5-8,10H2,1H3,(H2,16,22)/p+1/t13-/m0/s1. The molecule has 1 fully saturated rings. The maximum absolute atomic E-state index is 11.3. The summed E-state index contributed by atoms with van der Waals surface area (Å²) in [6, 6.07) is 3.99. The van der Waals surface area contributed by atoms with Crippen molar-refractivity contribution in [2.75, 3.05) is 13.1 Å². The Morgan fingerprint density at radius 3 is 2.91 bits per heavy atom. The summed E-state index contributed by atoms with van der Waals surface area (Å²) >= 11 is 0. The Hall–Kier alpha value is -2.22. The number of tetrazole rings is 1. The quantitative estimate of drug-likeness (QED) is 0.750. The number of hydrogen-bond acceptors (Lipinski definition) is 5. The van der Waals surface area contributed by atoms with E-state index in [0.29, 0.717) is 6.54 Å². The molecule has 0 radical (unpaired) electrons. The molecule has 2 aromatic rings. The predicted octanol–water partition coefficient (Wildman–Crippen LogP) is -0.454. The van der Waals surface area contributed by atoms with Gasteiger partial charge in [0.25, 0.3) is 0 Å². The number of aromatic nitrogens is 4. The van der Waals surface area contributed by atoms with E-state index >= 15 is 0 Å². The molecule has 0 unspecified atom stereocenters. The Kier molecular flexibility index (Phi) is 4.71. The van der Waals surface area contributed by atoms with Crippen molar-refractivity contribution in [3.8, 4) is 0 Å². The molecule has 23 heavy (non-hydrogen) atoms. The molecule has 0 saturated carbocycles. The number of piperidine rings is 1. The Bertz CT molecular complexity index is 630. The number of carbonyl (C=O) groups is 1. The van der Waals surface area contributed by atoms with Crippen molar-refractivity contribution in [2.45, 2.75) is 38.8 Å². The largest absolute Gasteiger partial charge is 0.467 e. The first kappa shape index (κ1) is 15.7. The average molecular weight is 319 g/mol. The lowest BCUT2D eigenvalue weighted by Gasteiger charge is -2.32. The number of carbonyl (C=O) groups excluding carboxylic acids is 1. The minimum Gasteiger partial charge on any atom is -0.467 e. The maximum atomic E-state index is 11.3. The van der Waals surface area contributed by atoms with Gasteiger partial charge in [-0.05, 0) is 22.6 Å². The van der Waals surface area contributed by atoms with E-state index in [-0.39, 0.29) is 17.9 Å². The van der Waals surface area contributed by atoms with Gasteiger partial charge < -0.3 is 15.1 Å². The van der Waals surface area contributed by atoms with Crippen LogP contribution in [-0.4, -0.2) is 39.2 Å². The molecule has 2 aromatic heterocycles. The van der Waals surface area contributed by atoms with Crippen LogP contribution < -0.4 is 10.6 Å². The van der Waals surface area contributed by atoms with E-state index in [4.69, 9.17) is 10.2 Å². The van der Waals surface area contributed by atoms with E-state index in [1.54, 1.807) is 10.9 Å². The van der Waals surface area contributed by atoms with Crippen molar-refractivity contribution in [1.82, 2.24) is 20.2 Å². The van der Waals surface area contributed by atoms with E-state index in [1.807, 2.05) is 12.1 Å². The summed E-state index contributed by atoms with van der Waals surface area (Å²) in [6.45, 7) is 4.51. The number of nitrogens with one attached hydrogen (secondary N) is 1. The van der Waals surface area contributed by atoms with Crippen LogP contribution in [0.1, 0.15) is 43.8 Å². The lowest BCUT2D eigenvalue weighted by atomic mass is 9.94. The molecule has 0 aromatic carbocycles. The summed E-state index contributed by atoms with van der Waals surface area (Å²) in [5, 5.41) is 12.2. The smallest absolute Gasteiger partial charge is 0.220 e. The zero-order chi connectivity index (χ0) is 16.2. The average Bonchev–Trinajstić information content (AvgIpc) is 3.22. The number of hydrogen-bond donors (Lipinski definition) is 2. The van der Waals surface area contributed by atoms with E-state index in [2.05, 4.69) is 22.4 Å². The second kappa shape index (κ2) is 6.91. The van der Waals surface area contributed by atoms with Crippen LogP contribution in [0.5, 0.6) is 0 Å². The normalized spacial score (nSPS) is 22.8. The molecule has 1 saturated heterocycles. The number of furan rings is 1. The number of quaternary nitrogens is 1. The fourth-order valence-corrected chi connectivity index (χ4v) is 3.40. The number of primary amides is 1. The van der Waals surface area contributed by atoms with Gasteiger partial charge in [-0.2, -0.15) is 0 Å². The molecule has 1 aliphatic rings. The van der Waals surface area contributed by atoms with Gasteiger partial charge in [0.1, 0.15) is 18.3 Å². The summed E-state index contributed by atoms with van der Waals surface area (Å²) < 4.78 is 7.19. The third-order valence-electron chi connectivity index (χ3n) is 4.69. The molecule has 0 aliphatic carbocycles. The van der Waals surface area contributed by atoms with Crippen molar-refractivity contribution < 1.29 is 14.1 Å². The van der Waals surface area contributed by atoms with Gasteiger partial charge in [-0.1, -0.05) is 6.92 Å². The van der Waals surface area contributed by atoms with Gasteiger partial charge in [0.15, 0.2) is 0 Å². The lowest BCUT2D eigenvalue weighted by Crippen LogP contribution is -3.13. The molecule has 1 atom stereocenters. The van der Waals surface area contributed by atoms with E-state index < -0.39 is 0 Å². The summed E-state index contributed by atoms with van der Waals surface area (Å²) in [7, 11) is 0. The van der Waals surface area contributed by atoms with Gasteiger partial charge >= 0.3 is 0 Å². The van der Waals surface area contributed by atoms with E-state index in [1.165, 1.54) is 4.90 Å². The Labute approximate surface area is 134 Å². The van der Waals surface area contributed by atoms with Crippen molar-refractivity contribution in [1.29, 1.82) is 0 Å². The SMILES string of the molecule is CC[C@@H](c1nnnn1Cc1ccco1)[NH+]1CCC(C(N)=O)CC1. The second-order valence-corrected chi connectivity index (χ2v) is 6.07. The minimum absolute atomic E-state index is 0.00960. The zero-order valence-electron chi connectivity index (χ0n) is 13.3. The molecule has 3 heterocycles. The van der Waals surface area contributed by atoms with Crippen molar-refractivity contribution >= 4 is 5.91 Å². The second-order valence-electron chi connectivity index (χ2n) is 6.07. The first-order chi connectivity index (χ1) is 11.2. The van der Waals surface area contributed by atoms with Gasteiger partial charge in [-0.15, -0.1) is 5.10 Å². The molecule has 8 heteroatoms. The molecule has 3 rings (SSSR count). The highest BCUT2D eigenvalue weighted by molar-refractivity contribution is 5.76. The third kappa shape index (κ3) is 3.42. The van der Waals surface area contributed by atoms with Crippen LogP contribution in [0.2, 0.25) is 0 Å². The molecule has 1 aliphatic heterocycles. The highest BCUT2D eigenvalue weighted by Gasteiger charge is 2.33. The fourth-order valence-electron chi connectivity index (χ4n) is 3.40. The topological polar surface area (TPSA) is 104 Å². The van der Waals surface area contributed by atoms with Crippen LogP contribution in [0.25, 0.3) is 0 Å². The van der Waals surface area contributed by atoms with Gasteiger partial charge in [0, 0.05) is 25.2 Å². The van der Waals surface area contributed by atoms with E-state index in [0.717, 1.165) is 43.9 Å². The monoisotopic (exact) mass is 319 g/mol. The number of likely N-dealkylation sites (tertiary alicyclic amines) is 1. The zero-order valence-corrected chi connectivity index (χ0v) is 13.3. The summed E-state index contributed by atoms with van der Waals surface area (Å²) in [6.07, 6.45) is 4.26. The first-order valence-electron chi connectivity index (χ1n) is 8.11. The lowest BCUT2D eigenvalue weighted by molar-refractivity contribution is -0.938. The minimum atomic E-state index is -0.181. The molecule has 0 spiro atoms. The van der Waals surface area contributed by atoms with Crippen LogP contribution in [-0.2, 0) is 11.3 Å². The van der Waals surface area contributed by atoms with Gasteiger partial charge in [-0.25, -0.2) is 4.68 Å². The first-order valence-corrected chi connectivity index (χ1v) is 8.11. The maximum Gasteiger partial charge on any atom is 0.220 e. The Balaban J connectivity index is 1.72. The van der Waals surface area contributed by atoms with Crippen LogP contribution >= 0.6 is 0 Å². The number of nitrogens with zero attached hydrogens (tertiary/aromatic N) is 4. The molecular formula is C15H23N6O2+. The number of rotatable bonds is 6. The van der Waals surface area contributed by atoms with Crippen molar-refractivity contribution in [2.24, 2.45) is 11.7 Å². The molecule has 124 valence electrons. The molecule has 3 N–H and O–H groups in total. The summed E-state index contributed by atoms with van der Waals surface area (Å²) in [5.41, 5.74) is 5.42. The van der Waals surface area contributed by atoms with Crippen LogP contribution in [0.3, 0.4) is 0 Å². The van der Waals surface area contributed by atoms with Gasteiger partial charge in [-0.3, -0.25) is 4.79 Å². The highest BCUT2D eigenvalue weighted by atomic mass is 16.3. The van der Waals surface area contributed by atoms with Crippen molar-refractivity contribution in [3.05, 3.63) is 30.0 Å². The molecular weight excluding hydrogens is 296 g/mol. The third-order valence-corrected chi connectivity index (χ3v) is 4.69. The molecule has 8 nitrogen and oxygen atoms in total. The summed E-state index contributed by atoms with van der Waals surface area (Å²) in [4.78, 5) is 12.7. The highest BCUT2D eigenvalue weighted by Crippen LogP contribution is 2.15. The number of nitrogens with two attached hydrogens (primary N) is 1. The van der Waals surface area contributed by atoms with Crippen molar-refractivity contribution in [3.63, 3.8) is 0 Å². The van der Waals surface area contributed by atoms with Gasteiger partial charge in [0.2, 0.25) is 11.7 Å². The van der Waals surface area contributed by atoms with Crippen LogP contribution in [0, 0.1) is 5.92 Å². The summed E-state index contributed by atoms with van der Waals surface area (Å²) in [5.74, 6) is 1.53. The Morgan fingerprint density at radius 1 is 1.52 bits per heavy atom. The fraction of sp³-hybridized carbons (Fsp3) is 0.600. The predicted molar refractivity (Wildman–Crippen MR) is 81.3 cm³/mol. The Morgan fingerprint density at radius 2 is 2.30 bits per heavy atom. The molecule has 0 bridgehead atoms. The van der Waals surface area contributed by atoms with Gasteiger partial charge in [0.05, 0.1) is 19.4 Å². The molecule has 1 amide bonds. The van der Waals surface area contributed by atoms with Crippen LogP contribution in [0.15, 0.2) is 22.8 Å². The number of amides is 1.